The van der Waals surface area contributed by atoms with E-state index >= 15 is 0 Å². The van der Waals surface area contributed by atoms with Crippen molar-refractivity contribution in [3.63, 3.8) is 0 Å². The van der Waals surface area contributed by atoms with Crippen LogP contribution in [0.1, 0.15) is 31.1 Å². The van der Waals surface area contributed by atoms with Crippen molar-refractivity contribution < 1.29 is 9.53 Å². The number of anilines is 2. The van der Waals surface area contributed by atoms with Gasteiger partial charge in [-0.3, -0.25) is 0 Å². The van der Waals surface area contributed by atoms with Gasteiger partial charge in [-0.1, -0.05) is 0 Å². The molecule has 0 saturated heterocycles. The van der Waals surface area contributed by atoms with E-state index in [-0.39, 0.29) is 5.97 Å². The molecule has 1 rings (SSSR count). The van der Waals surface area contributed by atoms with Crippen molar-refractivity contribution in [2.24, 2.45) is 0 Å². The van der Waals surface area contributed by atoms with Gasteiger partial charge in [-0.2, -0.15) is 0 Å². The molecule has 0 aliphatic carbocycles. The third-order valence-corrected chi connectivity index (χ3v) is 2.12. The zero-order valence-corrected chi connectivity index (χ0v) is 11.1. The van der Waals surface area contributed by atoms with Gasteiger partial charge in [-0.25, -0.2) is 4.79 Å². The number of nitrogens with zero attached hydrogens (tertiary/aromatic N) is 1. The third-order valence-electron chi connectivity index (χ3n) is 2.12. The van der Waals surface area contributed by atoms with E-state index in [9.17, 15) is 4.79 Å². The first-order chi connectivity index (χ1) is 7.70. The Kier molecular flexibility index (Phi) is 3.66. The average Bonchev–Trinajstić information content (AvgIpc) is 2.14. The third kappa shape index (κ3) is 3.66. The minimum Gasteiger partial charge on any atom is -0.456 e. The summed E-state index contributed by atoms with van der Waals surface area (Å²) in [5, 5.41) is 0. The molecule has 0 aromatic heterocycles. The molecule has 94 valence electrons. The molecule has 0 spiro atoms. The fourth-order valence-corrected chi connectivity index (χ4v) is 1.44. The summed E-state index contributed by atoms with van der Waals surface area (Å²) in [6.07, 6.45) is 0. The normalized spacial score (nSPS) is 11.1. The number of carbonyl (C=O) groups excluding carboxylic acids is 1. The molecule has 0 amide bonds. The first-order valence-corrected chi connectivity index (χ1v) is 5.51. The Morgan fingerprint density at radius 2 is 1.88 bits per heavy atom. The quantitative estimate of drug-likeness (QED) is 0.632. The SMILES string of the molecule is CN(C)c1ccc(N)cc1C(=O)OC(C)(C)C. The molecule has 0 heterocycles. The second-order valence-electron chi connectivity index (χ2n) is 5.17. The smallest absolute Gasteiger partial charge is 0.340 e. The van der Waals surface area contributed by atoms with Crippen LogP contribution in [0.15, 0.2) is 18.2 Å². The summed E-state index contributed by atoms with van der Waals surface area (Å²) >= 11 is 0. The standard InChI is InChI=1S/C13H20N2O2/c1-13(2,3)17-12(16)10-8-9(14)6-7-11(10)15(4)5/h6-8H,14H2,1-5H3. The molecule has 0 fully saturated rings. The Balaban J connectivity index is 3.11. The number of hydrogen-bond acceptors (Lipinski definition) is 4. The van der Waals surface area contributed by atoms with Crippen LogP contribution in [0.4, 0.5) is 11.4 Å². The highest BCUT2D eigenvalue weighted by atomic mass is 16.6. The number of ether oxygens (including phenoxy) is 1. The number of hydrogen-bond donors (Lipinski definition) is 1. The van der Waals surface area contributed by atoms with Crippen molar-refractivity contribution in [3.05, 3.63) is 23.8 Å². The predicted octanol–water partition coefficient (Wildman–Crippen LogP) is 2.29. The van der Waals surface area contributed by atoms with E-state index < -0.39 is 5.60 Å². The van der Waals surface area contributed by atoms with Crippen LogP contribution in [0.5, 0.6) is 0 Å². The molecule has 0 atom stereocenters. The lowest BCUT2D eigenvalue weighted by Crippen LogP contribution is -2.25. The highest BCUT2D eigenvalue weighted by Gasteiger charge is 2.21. The Labute approximate surface area is 102 Å². The Morgan fingerprint density at radius 3 is 2.35 bits per heavy atom. The van der Waals surface area contributed by atoms with Crippen molar-refractivity contribution in [3.8, 4) is 0 Å². The zero-order chi connectivity index (χ0) is 13.2. The summed E-state index contributed by atoms with van der Waals surface area (Å²) in [7, 11) is 3.75. The average molecular weight is 236 g/mol. The summed E-state index contributed by atoms with van der Waals surface area (Å²) < 4.78 is 5.35. The van der Waals surface area contributed by atoms with Crippen molar-refractivity contribution in [1.29, 1.82) is 0 Å². The fraction of sp³-hybridized carbons (Fsp3) is 0.462. The van der Waals surface area contributed by atoms with E-state index in [0.29, 0.717) is 11.3 Å². The summed E-state index contributed by atoms with van der Waals surface area (Å²) in [4.78, 5) is 13.9. The molecule has 0 aliphatic rings. The van der Waals surface area contributed by atoms with Crippen LogP contribution in [0.3, 0.4) is 0 Å². The van der Waals surface area contributed by atoms with Gasteiger partial charge in [0, 0.05) is 19.8 Å². The molecule has 17 heavy (non-hydrogen) atoms. The van der Waals surface area contributed by atoms with E-state index in [1.807, 2.05) is 45.8 Å². The molecule has 1 aromatic carbocycles. The topological polar surface area (TPSA) is 55.6 Å². The van der Waals surface area contributed by atoms with Crippen molar-refractivity contribution in [2.75, 3.05) is 24.7 Å². The van der Waals surface area contributed by atoms with Gasteiger partial charge in [0.15, 0.2) is 0 Å². The van der Waals surface area contributed by atoms with Gasteiger partial charge in [0.05, 0.1) is 11.3 Å². The second-order valence-corrected chi connectivity index (χ2v) is 5.17. The maximum Gasteiger partial charge on any atom is 0.340 e. The van der Waals surface area contributed by atoms with Crippen LogP contribution >= 0.6 is 0 Å². The lowest BCUT2D eigenvalue weighted by atomic mass is 10.1. The maximum atomic E-state index is 12.0. The number of carbonyl (C=O) groups is 1. The summed E-state index contributed by atoms with van der Waals surface area (Å²) in [6, 6.07) is 5.22. The number of nitrogen functional groups attached to an aromatic ring is 1. The highest BCUT2D eigenvalue weighted by Crippen LogP contribution is 2.24. The van der Waals surface area contributed by atoms with Crippen LogP contribution in [0, 0.1) is 0 Å². The van der Waals surface area contributed by atoms with Crippen LogP contribution in [-0.4, -0.2) is 25.7 Å². The van der Waals surface area contributed by atoms with Crippen LogP contribution in [-0.2, 0) is 4.74 Å². The maximum absolute atomic E-state index is 12.0. The van der Waals surface area contributed by atoms with Gasteiger partial charge in [0.25, 0.3) is 0 Å². The minimum atomic E-state index is -0.509. The number of benzene rings is 1. The van der Waals surface area contributed by atoms with E-state index in [1.54, 1.807) is 12.1 Å². The van der Waals surface area contributed by atoms with Crippen molar-refractivity contribution >= 4 is 17.3 Å². The van der Waals surface area contributed by atoms with Gasteiger partial charge in [-0.15, -0.1) is 0 Å². The molecule has 4 heteroatoms. The van der Waals surface area contributed by atoms with Gasteiger partial charge in [-0.05, 0) is 39.0 Å². The molecule has 0 saturated carbocycles. The summed E-state index contributed by atoms with van der Waals surface area (Å²) in [5.41, 5.74) is 7.04. The van der Waals surface area contributed by atoms with Gasteiger partial charge >= 0.3 is 5.97 Å². The van der Waals surface area contributed by atoms with E-state index in [0.717, 1.165) is 5.69 Å². The van der Waals surface area contributed by atoms with Crippen LogP contribution in [0.25, 0.3) is 0 Å². The summed E-state index contributed by atoms with van der Waals surface area (Å²) in [5.74, 6) is -0.353. The number of nitrogens with two attached hydrogens (primary N) is 1. The molecular formula is C13H20N2O2. The summed E-state index contributed by atoms with van der Waals surface area (Å²) in [6.45, 7) is 5.52. The Morgan fingerprint density at radius 1 is 1.29 bits per heavy atom. The lowest BCUT2D eigenvalue weighted by molar-refractivity contribution is 0.00704. The highest BCUT2D eigenvalue weighted by molar-refractivity contribution is 5.97. The van der Waals surface area contributed by atoms with Gasteiger partial charge in [0.2, 0.25) is 0 Å². The van der Waals surface area contributed by atoms with Crippen LogP contribution in [0.2, 0.25) is 0 Å². The lowest BCUT2D eigenvalue weighted by Gasteiger charge is -2.22. The molecule has 0 radical (unpaired) electrons. The van der Waals surface area contributed by atoms with Gasteiger partial charge in [0.1, 0.15) is 5.60 Å². The fourth-order valence-electron chi connectivity index (χ4n) is 1.44. The molecular weight excluding hydrogens is 216 g/mol. The molecule has 0 unspecified atom stereocenters. The molecule has 4 nitrogen and oxygen atoms in total. The monoisotopic (exact) mass is 236 g/mol. The largest absolute Gasteiger partial charge is 0.456 e. The Bertz CT molecular complexity index is 420. The van der Waals surface area contributed by atoms with E-state index in [4.69, 9.17) is 10.5 Å². The molecule has 0 bridgehead atoms. The van der Waals surface area contributed by atoms with E-state index in [1.165, 1.54) is 0 Å². The Hall–Kier alpha value is -1.71. The first kappa shape index (κ1) is 13.4. The number of esters is 1. The van der Waals surface area contributed by atoms with Crippen molar-refractivity contribution in [1.82, 2.24) is 0 Å². The van der Waals surface area contributed by atoms with Crippen molar-refractivity contribution in [2.45, 2.75) is 26.4 Å². The van der Waals surface area contributed by atoms with Gasteiger partial charge < -0.3 is 15.4 Å². The first-order valence-electron chi connectivity index (χ1n) is 5.51. The zero-order valence-electron chi connectivity index (χ0n) is 11.1. The molecule has 2 N–H and O–H groups in total. The second kappa shape index (κ2) is 4.65. The minimum absolute atomic E-state index is 0.353. The van der Waals surface area contributed by atoms with E-state index in [2.05, 4.69) is 0 Å². The molecule has 1 aromatic rings. The molecule has 0 aliphatic heterocycles. The number of rotatable bonds is 2. The predicted molar refractivity (Wildman–Crippen MR) is 70.3 cm³/mol. The van der Waals surface area contributed by atoms with Crippen LogP contribution < -0.4 is 10.6 Å².